The van der Waals surface area contributed by atoms with Crippen molar-refractivity contribution in [3.63, 3.8) is 0 Å². The minimum Gasteiger partial charge on any atom is -0.490 e. The average Bonchev–Trinajstić information content (AvgIpc) is 2.71. The number of carbonyl (C=O) groups is 2. The molecule has 1 unspecified atom stereocenters. The number of ether oxygens (including phenoxy) is 1. The smallest absolute Gasteiger partial charge is 0.311 e. The maximum Gasteiger partial charge on any atom is 0.311 e. The van der Waals surface area contributed by atoms with Gasteiger partial charge in [0.2, 0.25) is 5.91 Å². The SMILES string of the molecule is COc1ccc(C(=O)NCC(=O)NC2CCCc3ccccc32)cc1[N+](=O)[O-]. The number of carbonyl (C=O) groups excluding carboxylic acids is 2. The minimum atomic E-state index is -0.622. The zero-order valence-electron chi connectivity index (χ0n) is 15.4. The molecule has 0 bridgehead atoms. The fraction of sp³-hybridized carbons (Fsp3) is 0.300. The van der Waals surface area contributed by atoms with Gasteiger partial charge in [-0.25, -0.2) is 0 Å². The van der Waals surface area contributed by atoms with E-state index in [4.69, 9.17) is 4.74 Å². The monoisotopic (exact) mass is 383 g/mol. The fourth-order valence-electron chi connectivity index (χ4n) is 3.39. The van der Waals surface area contributed by atoms with E-state index in [1.807, 2.05) is 18.2 Å². The van der Waals surface area contributed by atoms with E-state index >= 15 is 0 Å². The van der Waals surface area contributed by atoms with Crippen LogP contribution in [-0.2, 0) is 11.2 Å². The first-order chi connectivity index (χ1) is 13.5. The largest absolute Gasteiger partial charge is 0.490 e. The van der Waals surface area contributed by atoms with Crippen molar-refractivity contribution in [1.82, 2.24) is 10.6 Å². The van der Waals surface area contributed by atoms with Crippen molar-refractivity contribution >= 4 is 17.5 Å². The Morgan fingerprint density at radius 2 is 2.04 bits per heavy atom. The van der Waals surface area contributed by atoms with E-state index in [-0.39, 0.29) is 35.5 Å². The van der Waals surface area contributed by atoms with Gasteiger partial charge in [0.15, 0.2) is 5.75 Å². The Hall–Kier alpha value is -3.42. The van der Waals surface area contributed by atoms with Crippen molar-refractivity contribution in [2.75, 3.05) is 13.7 Å². The number of rotatable bonds is 6. The van der Waals surface area contributed by atoms with E-state index in [0.29, 0.717) is 0 Å². The van der Waals surface area contributed by atoms with Crippen molar-refractivity contribution < 1.29 is 19.2 Å². The molecule has 28 heavy (non-hydrogen) atoms. The summed E-state index contributed by atoms with van der Waals surface area (Å²) in [6.07, 6.45) is 2.83. The lowest BCUT2D eigenvalue weighted by atomic mass is 9.88. The van der Waals surface area contributed by atoms with Gasteiger partial charge < -0.3 is 15.4 Å². The van der Waals surface area contributed by atoms with Crippen LogP contribution in [0.1, 0.15) is 40.4 Å². The van der Waals surface area contributed by atoms with Crippen LogP contribution in [0.3, 0.4) is 0 Å². The van der Waals surface area contributed by atoms with Crippen LogP contribution in [0.25, 0.3) is 0 Å². The second kappa shape index (κ2) is 8.51. The molecule has 0 saturated heterocycles. The number of methoxy groups -OCH3 is 1. The number of nitrogens with zero attached hydrogens (tertiary/aromatic N) is 1. The Balaban J connectivity index is 1.60. The first-order valence-electron chi connectivity index (χ1n) is 8.97. The lowest BCUT2D eigenvalue weighted by Crippen LogP contribution is -2.39. The van der Waals surface area contributed by atoms with E-state index in [2.05, 4.69) is 16.7 Å². The molecule has 0 aliphatic heterocycles. The fourth-order valence-corrected chi connectivity index (χ4v) is 3.39. The van der Waals surface area contributed by atoms with Crippen LogP contribution < -0.4 is 15.4 Å². The molecule has 0 spiro atoms. The van der Waals surface area contributed by atoms with Gasteiger partial charge >= 0.3 is 5.69 Å². The summed E-state index contributed by atoms with van der Waals surface area (Å²) in [5.41, 5.74) is 2.12. The molecule has 0 heterocycles. The predicted octanol–water partition coefficient (Wildman–Crippen LogP) is 2.53. The normalized spacial score (nSPS) is 15.2. The van der Waals surface area contributed by atoms with Crippen LogP contribution in [0.2, 0.25) is 0 Å². The molecule has 3 rings (SSSR count). The molecule has 1 aliphatic carbocycles. The molecule has 146 valence electrons. The Bertz CT molecular complexity index is 912. The first kappa shape index (κ1) is 19.3. The standard InChI is InChI=1S/C20H21N3O5/c1-28-18-10-9-14(11-17(18)23(26)27)20(25)21-12-19(24)22-16-8-4-6-13-5-2-3-7-15(13)16/h2-3,5,7,9-11,16H,4,6,8,12H2,1H3,(H,21,25)(H,22,24). The van der Waals surface area contributed by atoms with Gasteiger partial charge in [0.1, 0.15) is 0 Å². The number of hydrogen-bond acceptors (Lipinski definition) is 5. The number of fused-ring (bicyclic) bond motifs is 1. The lowest BCUT2D eigenvalue weighted by molar-refractivity contribution is -0.385. The number of hydrogen-bond donors (Lipinski definition) is 2. The third kappa shape index (κ3) is 4.28. The molecule has 0 saturated carbocycles. The van der Waals surface area contributed by atoms with Crippen LogP contribution in [0, 0.1) is 10.1 Å². The van der Waals surface area contributed by atoms with Gasteiger partial charge in [-0.05, 0) is 42.5 Å². The molecule has 8 nitrogen and oxygen atoms in total. The molecule has 1 atom stereocenters. The predicted molar refractivity (Wildman–Crippen MR) is 102 cm³/mol. The summed E-state index contributed by atoms with van der Waals surface area (Å²) < 4.78 is 4.92. The van der Waals surface area contributed by atoms with Crippen molar-refractivity contribution in [2.45, 2.75) is 25.3 Å². The minimum absolute atomic E-state index is 0.0651. The highest BCUT2D eigenvalue weighted by Crippen LogP contribution is 2.29. The summed E-state index contributed by atoms with van der Waals surface area (Å²) in [5, 5.41) is 16.5. The number of nitrogens with one attached hydrogen (secondary N) is 2. The number of aryl methyl sites for hydroxylation is 1. The molecule has 2 aromatic carbocycles. The van der Waals surface area contributed by atoms with E-state index < -0.39 is 10.8 Å². The molecule has 1 aliphatic rings. The second-order valence-electron chi connectivity index (χ2n) is 6.54. The van der Waals surface area contributed by atoms with Crippen LogP contribution in [0.4, 0.5) is 5.69 Å². The molecule has 0 fully saturated rings. The van der Waals surface area contributed by atoms with E-state index in [0.717, 1.165) is 30.9 Å². The highest BCUT2D eigenvalue weighted by molar-refractivity contribution is 5.97. The summed E-state index contributed by atoms with van der Waals surface area (Å²) in [6, 6.07) is 11.8. The van der Waals surface area contributed by atoms with Crippen LogP contribution >= 0.6 is 0 Å². The van der Waals surface area contributed by atoms with E-state index in [1.165, 1.54) is 24.8 Å². The van der Waals surface area contributed by atoms with Crippen molar-refractivity contribution in [1.29, 1.82) is 0 Å². The molecular formula is C20H21N3O5. The topological polar surface area (TPSA) is 111 Å². The number of nitro groups is 1. The summed E-state index contributed by atoms with van der Waals surface area (Å²) in [7, 11) is 1.32. The Labute approximate surface area is 162 Å². The molecule has 2 amide bonds. The van der Waals surface area contributed by atoms with Gasteiger partial charge in [0.05, 0.1) is 24.6 Å². The third-order valence-corrected chi connectivity index (χ3v) is 4.75. The van der Waals surface area contributed by atoms with E-state index in [1.54, 1.807) is 0 Å². The van der Waals surface area contributed by atoms with Crippen LogP contribution in [-0.4, -0.2) is 30.4 Å². The lowest BCUT2D eigenvalue weighted by Gasteiger charge is -2.26. The molecule has 2 aromatic rings. The molecule has 0 radical (unpaired) electrons. The summed E-state index contributed by atoms with van der Waals surface area (Å²) in [6.45, 7) is -0.211. The zero-order valence-corrected chi connectivity index (χ0v) is 15.4. The molecule has 8 heteroatoms. The van der Waals surface area contributed by atoms with Crippen LogP contribution in [0.15, 0.2) is 42.5 Å². The van der Waals surface area contributed by atoms with Crippen molar-refractivity contribution in [2.24, 2.45) is 0 Å². The molecule has 2 N–H and O–H groups in total. The van der Waals surface area contributed by atoms with Gasteiger partial charge in [-0.2, -0.15) is 0 Å². The van der Waals surface area contributed by atoms with Crippen LogP contribution in [0.5, 0.6) is 5.75 Å². The van der Waals surface area contributed by atoms with Gasteiger partial charge in [0.25, 0.3) is 5.91 Å². The number of amides is 2. The summed E-state index contributed by atoms with van der Waals surface area (Å²) in [4.78, 5) is 35.0. The summed E-state index contributed by atoms with van der Waals surface area (Å²) in [5.74, 6) is -0.807. The van der Waals surface area contributed by atoms with E-state index in [9.17, 15) is 19.7 Å². The maximum atomic E-state index is 12.3. The number of benzene rings is 2. The molecule has 0 aromatic heterocycles. The third-order valence-electron chi connectivity index (χ3n) is 4.75. The average molecular weight is 383 g/mol. The Morgan fingerprint density at radius 3 is 2.79 bits per heavy atom. The summed E-state index contributed by atoms with van der Waals surface area (Å²) >= 11 is 0. The van der Waals surface area contributed by atoms with Gasteiger partial charge in [-0.1, -0.05) is 24.3 Å². The first-order valence-corrected chi connectivity index (χ1v) is 8.97. The van der Waals surface area contributed by atoms with Crippen molar-refractivity contribution in [3.8, 4) is 5.75 Å². The van der Waals surface area contributed by atoms with Gasteiger partial charge in [-0.15, -0.1) is 0 Å². The quantitative estimate of drug-likeness (QED) is 0.588. The highest BCUT2D eigenvalue weighted by atomic mass is 16.6. The highest BCUT2D eigenvalue weighted by Gasteiger charge is 2.22. The van der Waals surface area contributed by atoms with Gasteiger partial charge in [-0.3, -0.25) is 19.7 Å². The molecular weight excluding hydrogens is 362 g/mol. The van der Waals surface area contributed by atoms with Crippen molar-refractivity contribution in [3.05, 3.63) is 69.3 Å². The Kier molecular flexibility index (Phi) is 5.88. The Morgan fingerprint density at radius 1 is 1.25 bits per heavy atom. The zero-order chi connectivity index (χ0) is 20.1. The second-order valence-corrected chi connectivity index (χ2v) is 6.54. The number of nitro benzene ring substituents is 1. The maximum absolute atomic E-state index is 12.3. The van der Waals surface area contributed by atoms with Gasteiger partial charge in [0, 0.05) is 11.6 Å².